The topological polar surface area (TPSA) is 39.1 Å². The van der Waals surface area contributed by atoms with Gasteiger partial charge in [0.2, 0.25) is 0 Å². The van der Waals surface area contributed by atoms with Crippen LogP contribution >= 0.6 is 0 Å². The van der Waals surface area contributed by atoms with Crippen LogP contribution in [0.3, 0.4) is 0 Å². The first-order valence-corrected chi connectivity index (χ1v) is 6.65. The number of hydrogen-bond donors (Lipinski definition) is 1. The van der Waals surface area contributed by atoms with Crippen LogP contribution in [0, 0.1) is 0 Å². The van der Waals surface area contributed by atoms with Crippen molar-refractivity contribution in [1.82, 2.24) is 14.9 Å². The van der Waals surface area contributed by atoms with Crippen LogP contribution in [0.1, 0.15) is 29.6 Å². The molecule has 19 heavy (non-hydrogen) atoms. The van der Waals surface area contributed by atoms with Crippen molar-refractivity contribution in [3.8, 4) is 5.75 Å². The first-order chi connectivity index (χ1) is 9.33. The molecule has 0 amide bonds. The van der Waals surface area contributed by atoms with E-state index in [2.05, 4.69) is 27.0 Å². The molecule has 1 N–H and O–H groups in total. The minimum Gasteiger partial charge on any atom is -0.497 e. The normalized spacial score (nSPS) is 22.0. The lowest BCUT2D eigenvalue weighted by Crippen LogP contribution is -2.31. The fourth-order valence-corrected chi connectivity index (χ4v) is 3.04. The van der Waals surface area contributed by atoms with Crippen molar-refractivity contribution >= 4 is 0 Å². The number of rotatable bonds is 3. The molecule has 3 rings (SSSR count). The minimum atomic E-state index is 0.323. The molecule has 2 unspecified atom stereocenters. The summed E-state index contributed by atoms with van der Waals surface area (Å²) in [5.41, 5.74) is 2.75. The van der Waals surface area contributed by atoms with Gasteiger partial charge < -0.3 is 14.6 Å². The van der Waals surface area contributed by atoms with E-state index in [0.717, 1.165) is 18.6 Å². The number of benzene rings is 1. The molecule has 2 atom stereocenters. The summed E-state index contributed by atoms with van der Waals surface area (Å²) in [5.74, 6) is 0.940. The van der Waals surface area contributed by atoms with Gasteiger partial charge in [0.05, 0.1) is 25.5 Å². The van der Waals surface area contributed by atoms with Crippen LogP contribution in [0.4, 0.5) is 0 Å². The number of imidazole rings is 1. The minimum absolute atomic E-state index is 0.323. The second-order valence-electron chi connectivity index (χ2n) is 4.95. The zero-order chi connectivity index (χ0) is 13.2. The highest BCUT2D eigenvalue weighted by Crippen LogP contribution is 2.38. The summed E-state index contributed by atoms with van der Waals surface area (Å²) in [5, 5.41) is 3.45. The zero-order valence-corrected chi connectivity index (χ0v) is 11.3. The van der Waals surface area contributed by atoms with Crippen molar-refractivity contribution in [2.75, 3.05) is 14.2 Å². The molecule has 0 spiro atoms. The van der Waals surface area contributed by atoms with E-state index in [0.29, 0.717) is 12.1 Å². The maximum absolute atomic E-state index is 5.31. The Morgan fingerprint density at radius 1 is 1.42 bits per heavy atom. The Balaban J connectivity index is 1.98. The Bertz CT molecular complexity index is 551. The third-order valence-corrected chi connectivity index (χ3v) is 4.00. The lowest BCUT2D eigenvalue weighted by Gasteiger charge is -2.34. The second kappa shape index (κ2) is 5.05. The van der Waals surface area contributed by atoms with Crippen molar-refractivity contribution in [2.45, 2.75) is 24.9 Å². The molecule has 1 aromatic heterocycles. The summed E-state index contributed by atoms with van der Waals surface area (Å²) in [7, 11) is 3.74. The molecule has 4 heteroatoms. The van der Waals surface area contributed by atoms with Gasteiger partial charge in [0.25, 0.3) is 0 Å². The van der Waals surface area contributed by atoms with E-state index in [1.165, 1.54) is 11.1 Å². The van der Waals surface area contributed by atoms with E-state index >= 15 is 0 Å². The number of fused-ring (bicyclic) bond motifs is 1. The molecule has 1 aliphatic carbocycles. The number of hydrogen-bond acceptors (Lipinski definition) is 3. The average molecular weight is 257 g/mol. The summed E-state index contributed by atoms with van der Waals surface area (Å²) in [6.45, 7) is 0. The molecule has 0 fully saturated rings. The van der Waals surface area contributed by atoms with Gasteiger partial charge in [0.15, 0.2) is 0 Å². The number of aromatic nitrogens is 2. The second-order valence-corrected chi connectivity index (χ2v) is 4.95. The van der Waals surface area contributed by atoms with Crippen LogP contribution in [0.15, 0.2) is 36.9 Å². The van der Waals surface area contributed by atoms with Gasteiger partial charge in [0, 0.05) is 12.4 Å². The summed E-state index contributed by atoms with van der Waals surface area (Å²) in [4.78, 5) is 4.16. The highest BCUT2D eigenvalue weighted by atomic mass is 16.5. The maximum atomic E-state index is 5.31. The molecule has 2 aromatic rings. The molecule has 0 saturated carbocycles. The Hall–Kier alpha value is -1.81. The number of ether oxygens (including phenoxy) is 1. The van der Waals surface area contributed by atoms with E-state index in [9.17, 15) is 0 Å². The van der Waals surface area contributed by atoms with Crippen LogP contribution in [0.25, 0.3) is 0 Å². The fourth-order valence-electron chi connectivity index (χ4n) is 3.04. The Labute approximate surface area is 113 Å². The summed E-state index contributed by atoms with van der Waals surface area (Å²) in [6, 6.07) is 7.12. The Kier molecular flexibility index (Phi) is 3.25. The molecule has 0 bridgehead atoms. The smallest absolute Gasteiger partial charge is 0.119 e. The van der Waals surface area contributed by atoms with Crippen molar-refractivity contribution in [1.29, 1.82) is 0 Å². The first-order valence-electron chi connectivity index (χ1n) is 6.65. The van der Waals surface area contributed by atoms with Crippen LogP contribution in [-0.2, 0) is 6.42 Å². The largest absolute Gasteiger partial charge is 0.497 e. The zero-order valence-electron chi connectivity index (χ0n) is 11.3. The van der Waals surface area contributed by atoms with Crippen LogP contribution in [-0.4, -0.2) is 23.7 Å². The molecular weight excluding hydrogens is 238 g/mol. The van der Waals surface area contributed by atoms with Gasteiger partial charge in [-0.1, -0.05) is 6.07 Å². The van der Waals surface area contributed by atoms with Gasteiger partial charge >= 0.3 is 0 Å². The van der Waals surface area contributed by atoms with Gasteiger partial charge in [0.1, 0.15) is 5.75 Å². The third-order valence-electron chi connectivity index (χ3n) is 4.00. The molecule has 4 nitrogen and oxygen atoms in total. The molecule has 1 aromatic carbocycles. The summed E-state index contributed by atoms with van der Waals surface area (Å²) in [6.07, 6.45) is 7.99. The lowest BCUT2D eigenvalue weighted by atomic mass is 9.84. The number of nitrogens with one attached hydrogen (secondary N) is 1. The van der Waals surface area contributed by atoms with Crippen LogP contribution in [0.2, 0.25) is 0 Å². The molecule has 0 radical (unpaired) electrons. The lowest BCUT2D eigenvalue weighted by molar-refractivity contribution is 0.331. The van der Waals surface area contributed by atoms with Crippen molar-refractivity contribution in [3.05, 3.63) is 48.0 Å². The van der Waals surface area contributed by atoms with Gasteiger partial charge in [-0.2, -0.15) is 0 Å². The number of nitrogens with zero attached hydrogens (tertiary/aromatic N) is 2. The molecule has 1 aliphatic rings. The van der Waals surface area contributed by atoms with Gasteiger partial charge in [-0.3, -0.25) is 0 Å². The maximum Gasteiger partial charge on any atom is 0.119 e. The van der Waals surface area contributed by atoms with E-state index in [4.69, 9.17) is 4.74 Å². The Morgan fingerprint density at radius 3 is 3.00 bits per heavy atom. The average Bonchev–Trinajstić information content (AvgIpc) is 2.99. The van der Waals surface area contributed by atoms with E-state index in [1.54, 1.807) is 7.11 Å². The monoisotopic (exact) mass is 257 g/mol. The highest BCUT2D eigenvalue weighted by molar-refractivity contribution is 5.40. The van der Waals surface area contributed by atoms with Gasteiger partial charge in [-0.05, 0) is 43.1 Å². The fraction of sp³-hybridized carbons (Fsp3) is 0.400. The van der Waals surface area contributed by atoms with E-state index in [1.807, 2.05) is 31.8 Å². The first kappa shape index (κ1) is 12.2. The number of aryl methyl sites for hydroxylation is 1. The highest BCUT2D eigenvalue weighted by Gasteiger charge is 2.29. The van der Waals surface area contributed by atoms with Crippen molar-refractivity contribution < 1.29 is 4.74 Å². The molecular formula is C15H19N3O. The predicted molar refractivity (Wildman–Crippen MR) is 74.4 cm³/mol. The molecule has 0 aliphatic heterocycles. The number of likely N-dealkylation sites (N-methyl/N-ethyl adjacent to an activating group) is 1. The third kappa shape index (κ3) is 2.12. The number of methoxy groups -OCH3 is 1. The molecule has 0 saturated heterocycles. The molecule has 1 heterocycles. The molecule has 100 valence electrons. The quantitative estimate of drug-likeness (QED) is 0.917. The van der Waals surface area contributed by atoms with Crippen LogP contribution < -0.4 is 10.1 Å². The summed E-state index contributed by atoms with van der Waals surface area (Å²) < 4.78 is 7.52. The van der Waals surface area contributed by atoms with E-state index < -0.39 is 0 Å². The van der Waals surface area contributed by atoms with Gasteiger partial charge in [-0.15, -0.1) is 0 Å². The SMILES string of the molecule is CNC1c2ccc(OC)cc2CCC1n1ccnc1. The Morgan fingerprint density at radius 2 is 2.32 bits per heavy atom. The standard InChI is InChI=1S/C15H19N3O/c1-16-15-13-5-4-12(19-2)9-11(13)3-6-14(15)18-8-7-17-10-18/h4-5,7-10,14-16H,3,6H2,1-2H3. The predicted octanol–water partition coefficient (Wildman–Crippen LogP) is 2.34. The van der Waals surface area contributed by atoms with Crippen molar-refractivity contribution in [2.24, 2.45) is 0 Å². The summed E-state index contributed by atoms with van der Waals surface area (Å²) >= 11 is 0. The van der Waals surface area contributed by atoms with Gasteiger partial charge in [-0.25, -0.2) is 4.98 Å². The van der Waals surface area contributed by atoms with E-state index in [-0.39, 0.29) is 0 Å². The van der Waals surface area contributed by atoms with Crippen molar-refractivity contribution in [3.63, 3.8) is 0 Å². The van der Waals surface area contributed by atoms with Crippen LogP contribution in [0.5, 0.6) is 5.75 Å².